The van der Waals surface area contributed by atoms with Gasteiger partial charge in [-0.3, -0.25) is 4.79 Å². The van der Waals surface area contributed by atoms with Crippen molar-refractivity contribution in [3.8, 4) is 0 Å². The Morgan fingerprint density at radius 3 is 2.95 bits per heavy atom. The molecular weight excluding hydrogens is 256 g/mol. The van der Waals surface area contributed by atoms with Gasteiger partial charge < -0.3 is 11.1 Å². The van der Waals surface area contributed by atoms with Gasteiger partial charge in [0.25, 0.3) is 5.91 Å². The van der Waals surface area contributed by atoms with E-state index in [4.69, 9.17) is 5.73 Å². The van der Waals surface area contributed by atoms with Gasteiger partial charge in [-0.25, -0.2) is 0 Å². The number of nitrogen functional groups attached to an aromatic ring is 1. The average molecular weight is 274 g/mol. The highest BCUT2D eigenvalue weighted by Gasteiger charge is 2.16. The summed E-state index contributed by atoms with van der Waals surface area (Å²) in [6.07, 6.45) is 4.84. The van der Waals surface area contributed by atoms with E-state index in [1.54, 1.807) is 0 Å². The van der Waals surface area contributed by atoms with Crippen molar-refractivity contribution < 1.29 is 4.79 Å². The Balaban J connectivity index is 2.23. The van der Waals surface area contributed by atoms with E-state index in [9.17, 15) is 4.79 Å². The first kappa shape index (κ1) is 13.6. The Morgan fingerprint density at radius 2 is 2.26 bits per heavy atom. The van der Waals surface area contributed by atoms with Crippen LogP contribution in [0, 0.1) is 6.92 Å². The molecule has 0 saturated carbocycles. The number of allylic oxidation sites excluding steroid dienone is 1. The predicted molar refractivity (Wildman–Crippen MR) is 82.7 cm³/mol. The number of amides is 1. The molecule has 1 aromatic heterocycles. The maximum atomic E-state index is 12.1. The monoisotopic (exact) mass is 274 g/mol. The van der Waals surface area contributed by atoms with E-state index >= 15 is 0 Å². The summed E-state index contributed by atoms with van der Waals surface area (Å²) in [5.41, 5.74) is 7.82. The molecule has 2 aromatic rings. The molecule has 0 saturated heterocycles. The van der Waals surface area contributed by atoms with E-state index in [0.717, 1.165) is 22.1 Å². The van der Waals surface area contributed by atoms with Crippen LogP contribution in [0.15, 0.2) is 30.4 Å². The van der Waals surface area contributed by atoms with Crippen LogP contribution in [-0.4, -0.2) is 12.5 Å². The highest BCUT2D eigenvalue weighted by Crippen LogP contribution is 2.35. The topological polar surface area (TPSA) is 55.1 Å². The Kier molecular flexibility index (Phi) is 4.22. The summed E-state index contributed by atoms with van der Waals surface area (Å²) in [5.74, 6) is -0.0809. The maximum Gasteiger partial charge on any atom is 0.263 e. The fourth-order valence-electron chi connectivity index (χ4n) is 1.96. The lowest BCUT2D eigenvalue weighted by molar-refractivity contribution is 0.0959. The second-order valence-electron chi connectivity index (χ2n) is 4.41. The predicted octanol–water partition coefficient (Wildman–Crippen LogP) is 3.49. The van der Waals surface area contributed by atoms with Gasteiger partial charge in [-0.15, -0.1) is 11.3 Å². The van der Waals surface area contributed by atoms with Crippen LogP contribution in [0.1, 0.15) is 28.6 Å². The molecule has 1 heterocycles. The standard InChI is InChI=1S/C15H18N2OS/c1-3-4-5-9-17-15(18)14-12(16)11-8-6-7-10(2)13(11)19-14/h3-4,6-8H,5,9,16H2,1-2H3,(H,17,18)/b4-3+. The average Bonchev–Trinajstić information content (AvgIpc) is 2.74. The zero-order valence-electron chi connectivity index (χ0n) is 11.2. The summed E-state index contributed by atoms with van der Waals surface area (Å²) in [6, 6.07) is 5.96. The summed E-state index contributed by atoms with van der Waals surface area (Å²) in [7, 11) is 0. The number of nitrogens with one attached hydrogen (secondary N) is 1. The van der Waals surface area contributed by atoms with Gasteiger partial charge in [0, 0.05) is 16.6 Å². The highest BCUT2D eigenvalue weighted by atomic mass is 32.1. The van der Waals surface area contributed by atoms with Gasteiger partial charge in [0.05, 0.1) is 5.69 Å². The normalized spacial score (nSPS) is 11.3. The molecular formula is C15H18N2OS. The molecule has 0 spiro atoms. The van der Waals surface area contributed by atoms with E-state index in [1.165, 1.54) is 11.3 Å². The van der Waals surface area contributed by atoms with Crippen LogP contribution < -0.4 is 11.1 Å². The fraction of sp³-hybridized carbons (Fsp3) is 0.267. The minimum Gasteiger partial charge on any atom is -0.397 e. The van der Waals surface area contributed by atoms with Crippen molar-refractivity contribution in [3.05, 3.63) is 40.8 Å². The van der Waals surface area contributed by atoms with E-state index in [1.807, 2.05) is 44.2 Å². The number of rotatable bonds is 4. The number of thiophene rings is 1. The third kappa shape index (κ3) is 2.79. The maximum absolute atomic E-state index is 12.1. The summed E-state index contributed by atoms with van der Waals surface area (Å²) in [4.78, 5) is 12.7. The lowest BCUT2D eigenvalue weighted by Gasteiger charge is -2.01. The number of carbonyl (C=O) groups is 1. The first-order chi connectivity index (χ1) is 9.15. The Labute approximate surface area is 117 Å². The number of benzene rings is 1. The summed E-state index contributed by atoms with van der Waals surface area (Å²) < 4.78 is 1.10. The Morgan fingerprint density at radius 1 is 1.47 bits per heavy atom. The molecule has 19 heavy (non-hydrogen) atoms. The molecule has 0 atom stereocenters. The number of hydrogen-bond donors (Lipinski definition) is 2. The first-order valence-corrected chi connectivity index (χ1v) is 7.13. The zero-order chi connectivity index (χ0) is 13.8. The van der Waals surface area contributed by atoms with Crippen molar-refractivity contribution in [3.63, 3.8) is 0 Å². The number of nitrogens with two attached hydrogens (primary N) is 1. The number of carbonyl (C=O) groups excluding carboxylic acids is 1. The summed E-state index contributed by atoms with van der Waals surface area (Å²) in [6.45, 7) is 4.64. The fourth-order valence-corrected chi connectivity index (χ4v) is 3.07. The molecule has 1 aromatic carbocycles. The van der Waals surface area contributed by atoms with Gasteiger partial charge in [-0.1, -0.05) is 30.4 Å². The molecule has 0 unspecified atom stereocenters. The van der Waals surface area contributed by atoms with E-state index in [2.05, 4.69) is 5.32 Å². The van der Waals surface area contributed by atoms with Crippen LogP contribution in [0.2, 0.25) is 0 Å². The van der Waals surface area contributed by atoms with E-state index in [-0.39, 0.29) is 5.91 Å². The van der Waals surface area contributed by atoms with E-state index < -0.39 is 0 Å². The molecule has 2 rings (SSSR count). The number of fused-ring (bicyclic) bond motifs is 1. The van der Waals surface area contributed by atoms with Crippen LogP contribution >= 0.6 is 11.3 Å². The van der Waals surface area contributed by atoms with Crippen molar-refractivity contribution in [1.82, 2.24) is 5.32 Å². The molecule has 0 radical (unpaired) electrons. The first-order valence-electron chi connectivity index (χ1n) is 6.32. The SMILES string of the molecule is C/C=C/CCNC(=O)c1sc2c(C)cccc2c1N. The van der Waals surface area contributed by atoms with Gasteiger partial charge in [-0.2, -0.15) is 0 Å². The van der Waals surface area contributed by atoms with Gasteiger partial charge in [0.2, 0.25) is 0 Å². The second-order valence-corrected chi connectivity index (χ2v) is 5.43. The Bertz CT molecular complexity index is 628. The van der Waals surface area contributed by atoms with Gasteiger partial charge in [0.1, 0.15) is 4.88 Å². The smallest absolute Gasteiger partial charge is 0.263 e. The van der Waals surface area contributed by atoms with Crippen LogP contribution in [-0.2, 0) is 0 Å². The molecule has 0 aliphatic heterocycles. The van der Waals surface area contributed by atoms with Gasteiger partial charge >= 0.3 is 0 Å². The molecule has 4 heteroatoms. The molecule has 0 aliphatic carbocycles. The lowest BCUT2D eigenvalue weighted by Crippen LogP contribution is -2.23. The second kappa shape index (κ2) is 5.89. The minimum atomic E-state index is -0.0809. The summed E-state index contributed by atoms with van der Waals surface area (Å²) >= 11 is 1.47. The van der Waals surface area contributed by atoms with Crippen LogP contribution in [0.5, 0.6) is 0 Å². The zero-order valence-corrected chi connectivity index (χ0v) is 12.0. The third-order valence-corrected chi connectivity index (χ3v) is 4.34. The highest BCUT2D eigenvalue weighted by molar-refractivity contribution is 7.21. The number of aryl methyl sites for hydroxylation is 1. The molecule has 3 nitrogen and oxygen atoms in total. The Hall–Kier alpha value is -1.81. The van der Waals surface area contributed by atoms with Gasteiger partial charge in [-0.05, 0) is 25.8 Å². The van der Waals surface area contributed by atoms with Crippen molar-refractivity contribution in [2.24, 2.45) is 0 Å². The van der Waals surface area contributed by atoms with E-state index in [0.29, 0.717) is 17.1 Å². The van der Waals surface area contributed by atoms with Crippen molar-refractivity contribution >= 4 is 33.0 Å². The molecule has 0 bridgehead atoms. The largest absolute Gasteiger partial charge is 0.397 e. The number of anilines is 1. The van der Waals surface area contributed by atoms with Crippen molar-refractivity contribution in [2.75, 3.05) is 12.3 Å². The molecule has 100 valence electrons. The molecule has 1 amide bonds. The third-order valence-electron chi connectivity index (χ3n) is 2.99. The quantitative estimate of drug-likeness (QED) is 0.662. The molecule has 3 N–H and O–H groups in total. The van der Waals surface area contributed by atoms with Gasteiger partial charge in [0.15, 0.2) is 0 Å². The summed E-state index contributed by atoms with van der Waals surface area (Å²) in [5, 5.41) is 3.87. The van der Waals surface area contributed by atoms with Crippen LogP contribution in [0.4, 0.5) is 5.69 Å². The van der Waals surface area contributed by atoms with Crippen molar-refractivity contribution in [2.45, 2.75) is 20.3 Å². The van der Waals surface area contributed by atoms with Crippen LogP contribution in [0.3, 0.4) is 0 Å². The van der Waals surface area contributed by atoms with Crippen LogP contribution in [0.25, 0.3) is 10.1 Å². The van der Waals surface area contributed by atoms with Crippen molar-refractivity contribution in [1.29, 1.82) is 0 Å². The minimum absolute atomic E-state index is 0.0809. The lowest BCUT2D eigenvalue weighted by atomic mass is 10.1. The molecule has 0 aliphatic rings. The molecule has 0 fully saturated rings. The number of hydrogen-bond acceptors (Lipinski definition) is 3.